The summed E-state index contributed by atoms with van der Waals surface area (Å²) in [6.45, 7) is 4.97. The molecule has 96 valence electrons. The molecule has 2 rings (SSSR count). The van der Waals surface area contributed by atoms with Crippen LogP contribution >= 0.6 is 0 Å². The first-order valence-electron chi connectivity index (χ1n) is 6.40. The molecule has 0 radical (unpaired) electrons. The zero-order valence-electron chi connectivity index (χ0n) is 10.9. The number of nitrogens with one attached hydrogen (secondary N) is 1. The molecule has 0 aliphatic rings. The quantitative estimate of drug-likeness (QED) is 0.850. The van der Waals surface area contributed by atoms with Crippen LogP contribution in [0.3, 0.4) is 0 Å². The Morgan fingerprint density at radius 2 is 2.00 bits per heavy atom. The van der Waals surface area contributed by atoms with E-state index in [1.54, 1.807) is 0 Å². The lowest BCUT2D eigenvalue weighted by Crippen LogP contribution is -2.25. The summed E-state index contributed by atoms with van der Waals surface area (Å²) in [6.07, 6.45) is 2.33. The summed E-state index contributed by atoms with van der Waals surface area (Å²) >= 11 is 0. The first kappa shape index (κ1) is 12.8. The van der Waals surface area contributed by atoms with Crippen LogP contribution in [0.5, 0.6) is 0 Å². The van der Waals surface area contributed by atoms with Crippen molar-refractivity contribution >= 4 is 0 Å². The smallest absolute Gasteiger partial charge is 0.247 e. The molecule has 0 aliphatic heterocycles. The molecule has 2 aromatic rings. The van der Waals surface area contributed by atoms with Gasteiger partial charge in [-0.25, -0.2) is 0 Å². The van der Waals surface area contributed by atoms with Crippen molar-refractivity contribution in [2.24, 2.45) is 0 Å². The highest BCUT2D eigenvalue weighted by atomic mass is 16.4. The number of nitrogens with zero attached hydrogens (tertiary/aromatic N) is 2. The van der Waals surface area contributed by atoms with Crippen molar-refractivity contribution in [3.8, 4) is 11.5 Å². The van der Waals surface area contributed by atoms with E-state index in [1.807, 2.05) is 30.3 Å². The van der Waals surface area contributed by atoms with Crippen molar-refractivity contribution < 1.29 is 4.42 Å². The Hall–Kier alpha value is -1.68. The third-order valence-corrected chi connectivity index (χ3v) is 2.81. The van der Waals surface area contributed by atoms with Crippen LogP contribution in [0.1, 0.15) is 32.6 Å². The highest BCUT2D eigenvalue weighted by Gasteiger charge is 2.08. The number of aromatic nitrogens is 2. The number of hydrogen-bond donors (Lipinski definition) is 1. The van der Waals surface area contributed by atoms with Gasteiger partial charge in [0.05, 0.1) is 6.54 Å². The van der Waals surface area contributed by atoms with Gasteiger partial charge in [0, 0.05) is 11.6 Å². The maximum atomic E-state index is 5.61. The fraction of sp³-hybridized carbons (Fsp3) is 0.429. The molecule has 1 N–H and O–H groups in total. The zero-order chi connectivity index (χ0) is 12.8. The van der Waals surface area contributed by atoms with E-state index in [4.69, 9.17) is 4.42 Å². The Balaban J connectivity index is 1.95. The molecule has 18 heavy (non-hydrogen) atoms. The maximum Gasteiger partial charge on any atom is 0.247 e. The van der Waals surface area contributed by atoms with Gasteiger partial charge in [0.25, 0.3) is 0 Å². The molecule has 0 spiro atoms. The molecule has 0 saturated heterocycles. The average Bonchev–Trinajstić information content (AvgIpc) is 2.87. The molecular formula is C14H19N3O. The fourth-order valence-corrected chi connectivity index (χ4v) is 1.82. The molecule has 0 bridgehead atoms. The minimum Gasteiger partial charge on any atom is -0.419 e. The van der Waals surface area contributed by atoms with Crippen LogP contribution in [0.25, 0.3) is 11.5 Å². The molecule has 1 atom stereocenters. The van der Waals surface area contributed by atoms with Gasteiger partial charge in [-0.15, -0.1) is 10.2 Å². The van der Waals surface area contributed by atoms with Gasteiger partial charge in [0.2, 0.25) is 11.8 Å². The lowest BCUT2D eigenvalue weighted by atomic mass is 10.2. The molecule has 4 heteroatoms. The van der Waals surface area contributed by atoms with Crippen LogP contribution in [-0.2, 0) is 6.54 Å². The van der Waals surface area contributed by atoms with Crippen LogP contribution in [0.15, 0.2) is 34.7 Å². The third-order valence-electron chi connectivity index (χ3n) is 2.81. The molecule has 0 aliphatic carbocycles. The first-order valence-corrected chi connectivity index (χ1v) is 6.40. The highest BCUT2D eigenvalue weighted by Crippen LogP contribution is 2.16. The molecule has 0 amide bonds. The van der Waals surface area contributed by atoms with Gasteiger partial charge in [0.1, 0.15) is 0 Å². The van der Waals surface area contributed by atoms with Crippen molar-refractivity contribution in [2.75, 3.05) is 0 Å². The normalized spacial score (nSPS) is 12.6. The van der Waals surface area contributed by atoms with E-state index in [0.29, 0.717) is 24.4 Å². The Kier molecular flexibility index (Phi) is 4.47. The van der Waals surface area contributed by atoms with Gasteiger partial charge in [-0.2, -0.15) is 0 Å². The van der Waals surface area contributed by atoms with E-state index in [-0.39, 0.29) is 0 Å². The Bertz CT molecular complexity index is 467. The minimum atomic E-state index is 0.474. The summed E-state index contributed by atoms with van der Waals surface area (Å²) in [4.78, 5) is 0. The van der Waals surface area contributed by atoms with Crippen molar-refractivity contribution in [2.45, 2.75) is 39.3 Å². The summed E-state index contributed by atoms with van der Waals surface area (Å²) in [5.41, 5.74) is 0.956. The van der Waals surface area contributed by atoms with Crippen molar-refractivity contribution in [3.05, 3.63) is 36.2 Å². The largest absolute Gasteiger partial charge is 0.419 e. The van der Waals surface area contributed by atoms with Crippen LogP contribution in [-0.4, -0.2) is 16.2 Å². The minimum absolute atomic E-state index is 0.474. The van der Waals surface area contributed by atoms with Crippen LogP contribution in [0.4, 0.5) is 0 Å². The van der Waals surface area contributed by atoms with E-state index >= 15 is 0 Å². The van der Waals surface area contributed by atoms with Gasteiger partial charge in [0.15, 0.2) is 0 Å². The van der Waals surface area contributed by atoms with Gasteiger partial charge in [-0.3, -0.25) is 0 Å². The summed E-state index contributed by atoms with van der Waals surface area (Å²) in [6, 6.07) is 10.3. The van der Waals surface area contributed by atoms with Crippen LogP contribution in [0.2, 0.25) is 0 Å². The molecular weight excluding hydrogens is 226 g/mol. The second kappa shape index (κ2) is 6.31. The predicted octanol–water partition coefficient (Wildman–Crippen LogP) is 3.01. The summed E-state index contributed by atoms with van der Waals surface area (Å²) < 4.78 is 5.61. The maximum absolute atomic E-state index is 5.61. The summed E-state index contributed by atoms with van der Waals surface area (Å²) in [5.74, 6) is 1.22. The zero-order valence-corrected chi connectivity index (χ0v) is 10.9. The van der Waals surface area contributed by atoms with Gasteiger partial charge >= 0.3 is 0 Å². The molecule has 1 heterocycles. The highest BCUT2D eigenvalue weighted by molar-refractivity contribution is 5.51. The number of rotatable bonds is 6. The van der Waals surface area contributed by atoms with E-state index in [0.717, 1.165) is 12.0 Å². The van der Waals surface area contributed by atoms with Gasteiger partial charge in [-0.1, -0.05) is 31.5 Å². The average molecular weight is 245 g/mol. The Labute approximate surface area is 107 Å². The first-order chi connectivity index (χ1) is 8.79. The molecule has 0 fully saturated rings. The molecule has 1 aromatic carbocycles. The van der Waals surface area contributed by atoms with E-state index < -0.39 is 0 Å². The van der Waals surface area contributed by atoms with Crippen molar-refractivity contribution in [1.82, 2.24) is 15.5 Å². The molecule has 0 saturated carbocycles. The van der Waals surface area contributed by atoms with E-state index in [1.165, 1.54) is 6.42 Å². The number of hydrogen-bond acceptors (Lipinski definition) is 4. The van der Waals surface area contributed by atoms with Gasteiger partial charge < -0.3 is 9.73 Å². The van der Waals surface area contributed by atoms with Crippen LogP contribution in [0, 0.1) is 0 Å². The standard InChI is InChI=1S/C14H19N3O/c1-3-7-11(2)15-10-13-16-17-14(18-13)12-8-5-4-6-9-12/h4-6,8-9,11,15H,3,7,10H2,1-2H3. The topological polar surface area (TPSA) is 51.0 Å². The lowest BCUT2D eigenvalue weighted by molar-refractivity contribution is 0.436. The summed E-state index contributed by atoms with van der Waals surface area (Å²) in [7, 11) is 0. The monoisotopic (exact) mass is 245 g/mol. The predicted molar refractivity (Wildman–Crippen MR) is 70.9 cm³/mol. The fourth-order valence-electron chi connectivity index (χ4n) is 1.82. The second-order valence-corrected chi connectivity index (χ2v) is 4.44. The van der Waals surface area contributed by atoms with E-state index in [2.05, 4.69) is 29.4 Å². The Morgan fingerprint density at radius 1 is 1.22 bits per heavy atom. The molecule has 4 nitrogen and oxygen atoms in total. The second-order valence-electron chi connectivity index (χ2n) is 4.44. The molecule has 1 unspecified atom stereocenters. The van der Waals surface area contributed by atoms with Crippen molar-refractivity contribution in [1.29, 1.82) is 0 Å². The SMILES string of the molecule is CCCC(C)NCc1nnc(-c2ccccc2)o1. The van der Waals surface area contributed by atoms with E-state index in [9.17, 15) is 0 Å². The summed E-state index contributed by atoms with van der Waals surface area (Å²) in [5, 5.41) is 11.5. The Morgan fingerprint density at radius 3 is 2.72 bits per heavy atom. The lowest BCUT2D eigenvalue weighted by Gasteiger charge is -2.09. The molecule has 1 aromatic heterocycles. The van der Waals surface area contributed by atoms with Crippen molar-refractivity contribution in [3.63, 3.8) is 0 Å². The third kappa shape index (κ3) is 3.40. The van der Waals surface area contributed by atoms with Gasteiger partial charge in [-0.05, 0) is 25.5 Å². The number of benzene rings is 1. The van der Waals surface area contributed by atoms with Crippen LogP contribution < -0.4 is 5.32 Å².